The molecule has 1 amide bonds. The largest absolute Gasteiger partial charge is 0.351 e. The second-order valence-electron chi connectivity index (χ2n) is 5.49. The third-order valence-corrected chi connectivity index (χ3v) is 5.56. The quantitative estimate of drug-likeness (QED) is 0.864. The van der Waals surface area contributed by atoms with Crippen LogP contribution in [0.15, 0.2) is 34.1 Å². The van der Waals surface area contributed by atoms with Crippen LogP contribution in [0.3, 0.4) is 0 Å². The monoisotopic (exact) mass is 363 g/mol. The first-order valence-corrected chi connectivity index (χ1v) is 8.98. The van der Waals surface area contributed by atoms with E-state index in [1.807, 2.05) is 11.4 Å². The molecule has 0 bridgehead atoms. The summed E-state index contributed by atoms with van der Waals surface area (Å²) in [5.41, 5.74) is 4.03. The molecule has 4 heteroatoms. The summed E-state index contributed by atoms with van der Waals surface area (Å²) in [6.45, 7) is 0.611. The molecule has 1 aliphatic rings. The predicted molar refractivity (Wildman–Crippen MR) is 90.7 cm³/mol. The molecule has 1 aromatic heterocycles. The minimum absolute atomic E-state index is 0.0929. The Balaban J connectivity index is 1.57. The fraction of sp³-hybridized carbons (Fsp3) is 0.353. The van der Waals surface area contributed by atoms with Crippen LogP contribution in [-0.2, 0) is 30.6 Å². The molecule has 0 saturated heterocycles. The number of carbonyl (C=O) groups excluding carboxylic acids is 1. The second kappa shape index (κ2) is 6.75. The van der Waals surface area contributed by atoms with Crippen molar-refractivity contribution in [2.75, 3.05) is 0 Å². The normalized spacial score (nSPS) is 13.8. The smallest absolute Gasteiger partial charge is 0.224 e. The first-order chi connectivity index (χ1) is 10.2. The van der Waals surface area contributed by atoms with Gasteiger partial charge in [0.15, 0.2) is 0 Å². The Morgan fingerprint density at radius 3 is 2.76 bits per heavy atom. The van der Waals surface area contributed by atoms with Crippen molar-refractivity contribution < 1.29 is 4.79 Å². The van der Waals surface area contributed by atoms with Crippen molar-refractivity contribution in [2.45, 2.75) is 38.6 Å². The van der Waals surface area contributed by atoms with Gasteiger partial charge in [0, 0.05) is 14.7 Å². The molecule has 0 aliphatic heterocycles. The molecule has 0 radical (unpaired) electrons. The summed E-state index contributed by atoms with van der Waals surface area (Å²) < 4.78 is 1.08. The van der Waals surface area contributed by atoms with Gasteiger partial charge < -0.3 is 5.32 Å². The van der Waals surface area contributed by atoms with E-state index in [-0.39, 0.29) is 5.91 Å². The van der Waals surface area contributed by atoms with E-state index in [1.165, 1.54) is 35.3 Å². The highest BCUT2D eigenvalue weighted by molar-refractivity contribution is 9.10. The number of benzene rings is 1. The minimum Gasteiger partial charge on any atom is -0.351 e. The number of amides is 1. The lowest BCUT2D eigenvalue weighted by atomic mass is 9.90. The SMILES string of the molecule is O=C(Cc1ccc2c(c1)CCCC2)NCc1cc(Br)cs1. The standard InChI is InChI=1S/C17H18BrNOS/c18-15-9-16(21-11-15)10-19-17(20)8-12-5-6-13-3-1-2-4-14(13)7-12/h5-7,9,11H,1-4,8,10H2,(H,19,20). The van der Waals surface area contributed by atoms with Crippen LogP contribution in [0.2, 0.25) is 0 Å². The van der Waals surface area contributed by atoms with Gasteiger partial charge in [0.2, 0.25) is 5.91 Å². The highest BCUT2D eigenvalue weighted by atomic mass is 79.9. The molecule has 0 spiro atoms. The van der Waals surface area contributed by atoms with Crippen molar-refractivity contribution in [3.8, 4) is 0 Å². The van der Waals surface area contributed by atoms with Crippen molar-refractivity contribution in [1.82, 2.24) is 5.32 Å². The maximum atomic E-state index is 12.0. The van der Waals surface area contributed by atoms with E-state index in [4.69, 9.17) is 0 Å². The molecule has 3 rings (SSSR count). The molecule has 2 aromatic rings. The van der Waals surface area contributed by atoms with Gasteiger partial charge in [0.25, 0.3) is 0 Å². The van der Waals surface area contributed by atoms with Crippen molar-refractivity contribution in [3.63, 3.8) is 0 Å². The van der Waals surface area contributed by atoms with Gasteiger partial charge in [0.1, 0.15) is 0 Å². The number of hydrogen-bond acceptors (Lipinski definition) is 2. The molecule has 21 heavy (non-hydrogen) atoms. The van der Waals surface area contributed by atoms with E-state index < -0.39 is 0 Å². The summed E-state index contributed by atoms with van der Waals surface area (Å²) in [5.74, 6) is 0.0929. The molecule has 1 aliphatic carbocycles. The van der Waals surface area contributed by atoms with Gasteiger partial charge in [0.05, 0.1) is 13.0 Å². The minimum atomic E-state index is 0.0929. The van der Waals surface area contributed by atoms with Gasteiger partial charge in [-0.15, -0.1) is 11.3 Å². The van der Waals surface area contributed by atoms with E-state index in [9.17, 15) is 4.79 Å². The molecular formula is C17H18BrNOS. The third-order valence-electron chi connectivity index (χ3n) is 3.86. The topological polar surface area (TPSA) is 29.1 Å². The average Bonchev–Trinajstić information content (AvgIpc) is 2.91. The lowest BCUT2D eigenvalue weighted by Gasteiger charge is -2.16. The van der Waals surface area contributed by atoms with Gasteiger partial charge in [-0.3, -0.25) is 4.79 Å². The second-order valence-corrected chi connectivity index (χ2v) is 7.41. The Hall–Kier alpha value is -1.13. The molecule has 0 unspecified atom stereocenters. The summed E-state index contributed by atoms with van der Waals surface area (Å²) in [4.78, 5) is 13.2. The van der Waals surface area contributed by atoms with Gasteiger partial charge >= 0.3 is 0 Å². The first-order valence-electron chi connectivity index (χ1n) is 7.31. The number of carbonyl (C=O) groups is 1. The number of fused-ring (bicyclic) bond motifs is 1. The number of hydrogen-bond donors (Lipinski definition) is 1. The molecule has 1 N–H and O–H groups in total. The lowest BCUT2D eigenvalue weighted by molar-refractivity contribution is -0.120. The highest BCUT2D eigenvalue weighted by Gasteiger charge is 2.11. The lowest BCUT2D eigenvalue weighted by Crippen LogP contribution is -2.24. The van der Waals surface area contributed by atoms with E-state index in [0.29, 0.717) is 13.0 Å². The summed E-state index contributed by atoms with van der Waals surface area (Å²) >= 11 is 5.08. The van der Waals surface area contributed by atoms with Crippen molar-refractivity contribution in [1.29, 1.82) is 0 Å². The van der Waals surface area contributed by atoms with Crippen LogP contribution in [0.5, 0.6) is 0 Å². The number of aryl methyl sites for hydroxylation is 2. The molecule has 2 nitrogen and oxygen atoms in total. The van der Waals surface area contributed by atoms with Crippen LogP contribution in [0, 0.1) is 0 Å². The summed E-state index contributed by atoms with van der Waals surface area (Å²) in [6.07, 6.45) is 5.39. The zero-order chi connectivity index (χ0) is 14.7. The maximum Gasteiger partial charge on any atom is 0.224 e. The van der Waals surface area contributed by atoms with Crippen molar-refractivity contribution in [2.24, 2.45) is 0 Å². The molecule has 0 fully saturated rings. The molecule has 1 heterocycles. The number of nitrogens with one attached hydrogen (secondary N) is 1. The average molecular weight is 364 g/mol. The van der Waals surface area contributed by atoms with Gasteiger partial charge in [-0.05, 0) is 64.4 Å². The van der Waals surface area contributed by atoms with E-state index >= 15 is 0 Å². The third kappa shape index (κ3) is 3.95. The van der Waals surface area contributed by atoms with Crippen molar-refractivity contribution >= 4 is 33.2 Å². The Morgan fingerprint density at radius 2 is 2.00 bits per heavy atom. The Kier molecular flexibility index (Phi) is 4.76. The first kappa shape index (κ1) is 14.8. The molecular weight excluding hydrogens is 346 g/mol. The van der Waals surface area contributed by atoms with E-state index in [0.717, 1.165) is 16.5 Å². The maximum absolute atomic E-state index is 12.0. The van der Waals surface area contributed by atoms with Crippen LogP contribution in [0.25, 0.3) is 0 Å². The number of halogens is 1. The van der Waals surface area contributed by atoms with E-state index in [2.05, 4.69) is 39.4 Å². The van der Waals surface area contributed by atoms with Crippen LogP contribution >= 0.6 is 27.3 Å². The zero-order valence-corrected chi connectivity index (χ0v) is 14.2. The van der Waals surface area contributed by atoms with E-state index in [1.54, 1.807) is 11.3 Å². The Morgan fingerprint density at radius 1 is 1.19 bits per heavy atom. The number of thiophene rings is 1. The summed E-state index contributed by atoms with van der Waals surface area (Å²) in [7, 11) is 0. The van der Waals surface area contributed by atoms with Crippen LogP contribution in [-0.4, -0.2) is 5.91 Å². The van der Waals surface area contributed by atoms with Crippen LogP contribution in [0.1, 0.15) is 34.4 Å². The van der Waals surface area contributed by atoms with Gasteiger partial charge in [-0.2, -0.15) is 0 Å². The van der Waals surface area contributed by atoms with Crippen LogP contribution < -0.4 is 5.32 Å². The fourth-order valence-corrected chi connectivity index (χ4v) is 4.17. The molecule has 0 saturated carbocycles. The zero-order valence-electron chi connectivity index (χ0n) is 11.8. The summed E-state index contributed by atoms with van der Waals surface area (Å²) in [6, 6.07) is 8.57. The Bertz CT molecular complexity index is 650. The molecule has 0 atom stereocenters. The summed E-state index contributed by atoms with van der Waals surface area (Å²) in [5, 5.41) is 5.02. The van der Waals surface area contributed by atoms with Gasteiger partial charge in [-0.1, -0.05) is 18.2 Å². The number of rotatable bonds is 4. The molecule has 1 aromatic carbocycles. The predicted octanol–water partition coefficient (Wildman–Crippen LogP) is 4.25. The van der Waals surface area contributed by atoms with Crippen LogP contribution in [0.4, 0.5) is 0 Å². The van der Waals surface area contributed by atoms with Gasteiger partial charge in [-0.25, -0.2) is 0 Å². The Labute approximate surface area is 137 Å². The molecule has 110 valence electrons. The fourth-order valence-electron chi connectivity index (χ4n) is 2.78. The highest BCUT2D eigenvalue weighted by Crippen LogP contribution is 2.22. The van der Waals surface area contributed by atoms with Crippen molar-refractivity contribution in [3.05, 3.63) is 55.7 Å².